The van der Waals surface area contributed by atoms with E-state index in [1.165, 1.54) is 19.0 Å². The van der Waals surface area contributed by atoms with Gasteiger partial charge in [0.15, 0.2) is 5.82 Å². The van der Waals surface area contributed by atoms with Gasteiger partial charge in [0.2, 0.25) is 5.76 Å². The number of fused-ring (bicyclic) bond motifs is 1. The maximum atomic E-state index is 12.5. The first-order chi connectivity index (χ1) is 13.7. The molecule has 1 aliphatic heterocycles. The molecule has 8 heteroatoms. The van der Waals surface area contributed by atoms with Crippen LogP contribution < -0.4 is 5.32 Å². The van der Waals surface area contributed by atoms with Crippen molar-refractivity contribution in [2.45, 2.75) is 31.6 Å². The van der Waals surface area contributed by atoms with E-state index in [2.05, 4.69) is 21.5 Å². The molecule has 146 valence electrons. The number of hydrogen-bond donors (Lipinski definition) is 1. The van der Waals surface area contributed by atoms with Gasteiger partial charge in [-0.1, -0.05) is 5.16 Å². The molecule has 4 heterocycles. The lowest BCUT2D eigenvalue weighted by molar-refractivity contribution is 0.0670. The number of carbonyl (C=O) groups excluding carboxylic acids is 1. The molecule has 0 radical (unpaired) electrons. The second kappa shape index (κ2) is 6.92. The Balaban J connectivity index is 1.34. The fraction of sp³-hybridized carbons (Fsp3) is 0.500. The van der Waals surface area contributed by atoms with Gasteiger partial charge in [-0.2, -0.15) is 0 Å². The molecule has 1 N–H and O–H groups in total. The lowest BCUT2D eigenvalue weighted by Gasteiger charge is -2.31. The first-order valence-electron chi connectivity index (χ1n) is 9.95. The summed E-state index contributed by atoms with van der Waals surface area (Å²) in [4.78, 5) is 23.8. The van der Waals surface area contributed by atoms with Crippen molar-refractivity contribution in [2.24, 2.45) is 13.0 Å². The number of rotatable bonds is 5. The maximum Gasteiger partial charge on any atom is 0.292 e. The topological polar surface area (TPSA) is 89.1 Å². The third-order valence-corrected chi connectivity index (χ3v) is 5.84. The van der Waals surface area contributed by atoms with Gasteiger partial charge < -0.3 is 19.3 Å². The standard InChI is InChI=1S/C20H24N6O2/c1-25-12-22-18-16(25)10-15(24-19(18)21-11-13-2-3-13)14-5-8-26(9-6-14)20(27)17-4-7-23-28-17/h4,7,10,12-14H,2-3,5-6,8-9,11H2,1H3,(H,21,24). The lowest BCUT2D eigenvalue weighted by atomic mass is 9.92. The van der Waals surface area contributed by atoms with Crippen LogP contribution in [0.2, 0.25) is 0 Å². The van der Waals surface area contributed by atoms with Crippen LogP contribution in [0.4, 0.5) is 5.82 Å². The molecule has 0 bridgehead atoms. The Hall–Kier alpha value is -2.90. The molecular weight excluding hydrogens is 356 g/mol. The number of hydrogen-bond acceptors (Lipinski definition) is 6. The van der Waals surface area contributed by atoms with E-state index in [0.29, 0.717) is 24.8 Å². The molecule has 0 spiro atoms. The largest absolute Gasteiger partial charge is 0.368 e. The molecule has 8 nitrogen and oxygen atoms in total. The predicted octanol–water partition coefficient (Wildman–Crippen LogP) is 2.80. The zero-order valence-corrected chi connectivity index (χ0v) is 16.0. The minimum atomic E-state index is -0.0854. The van der Waals surface area contributed by atoms with Crippen molar-refractivity contribution in [2.75, 3.05) is 25.0 Å². The van der Waals surface area contributed by atoms with Crippen molar-refractivity contribution in [3.63, 3.8) is 0 Å². The van der Waals surface area contributed by atoms with E-state index < -0.39 is 0 Å². The third-order valence-electron chi connectivity index (χ3n) is 5.84. The van der Waals surface area contributed by atoms with Crippen LogP contribution in [0.3, 0.4) is 0 Å². The molecular formula is C20H24N6O2. The van der Waals surface area contributed by atoms with Crippen LogP contribution in [0.25, 0.3) is 11.0 Å². The molecule has 1 saturated carbocycles. The number of pyridine rings is 1. The molecule has 5 rings (SSSR count). The summed E-state index contributed by atoms with van der Waals surface area (Å²) in [5.41, 5.74) is 3.12. The zero-order chi connectivity index (χ0) is 19.1. The Bertz CT molecular complexity index is 984. The van der Waals surface area contributed by atoms with Crippen molar-refractivity contribution in [3.05, 3.63) is 36.1 Å². The summed E-state index contributed by atoms with van der Waals surface area (Å²) >= 11 is 0. The monoisotopic (exact) mass is 380 g/mol. The number of piperidine rings is 1. The number of amides is 1. The molecule has 1 aliphatic carbocycles. The average Bonchev–Trinajstić information content (AvgIpc) is 3.24. The van der Waals surface area contributed by atoms with Crippen molar-refractivity contribution in [3.8, 4) is 0 Å². The van der Waals surface area contributed by atoms with Crippen LogP contribution in [0, 0.1) is 5.92 Å². The number of aryl methyl sites for hydroxylation is 1. The molecule has 3 aromatic heterocycles. The van der Waals surface area contributed by atoms with Gasteiger partial charge in [0.25, 0.3) is 5.91 Å². The Morgan fingerprint density at radius 2 is 2.11 bits per heavy atom. The van der Waals surface area contributed by atoms with Gasteiger partial charge in [-0.3, -0.25) is 4.79 Å². The van der Waals surface area contributed by atoms with Gasteiger partial charge >= 0.3 is 0 Å². The summed E-state index contributed by atoms with van der Waals surface area (Å²) in [5.74, 6) is 2.21. The van der Waals surface area contributed by atoms with Gasteiger partial charge in [-0.05, 0) is 37.7 Å². The first kappa shape index (κ1) is 17.2. The second-order valence-corrected chi connectivity index (χ2v) is 7.89. The van der Waals surface area contributed by atoms with Crippen LogP contribution in [0.1, 0.15) is 47.8 Å². The quantitative estimate of drug-likeness (QED) is 0.732. The first-order valence-corrected chi connectivity index (χ1v) is 9.95. The fourth-order valence-corrected chi connectivity index (χ4v) is 3.90. The van der Waals surface area contributed by atoms with E-state index in [1.807, 2.05) is 22.8 Å². The van der Waals surface area contributed by atoms with Crippen LogP contribution in [-0.4, -0.2) is 50.1 Å². The molecule has 1 saturated heterocycles. The number of nitrogens with one attached hydrogen (secondary N) is 1. The van der Waals surface area contributed by atoms with Crippen LogP contribution in [-0.2, 0) is 7.05 Å². The molecule has 28 heavy (non-hydrogen) atoms. The molecule has 0 unspecified atom stereocenters. The van der Waals surface area contributed by atoms with Crippen LogP contribution in [0.15, 0.2) is 29.2 Å². The van der Waals surface area contributed by atoms with Gasteiger partial charge in [0, 0.05) is 44.4 Å². The Morgan fingerprint density at radius 1 is 1.29 bits per heavy atom. The third kappa shape index (κ3) is 3.23. The highest BCUT2D eigenvalue weighted by atomic mass is 16.5. The van der Waals surface area contributed by atoms with E-state index in [4.69, 9.17) is 9.51 Å². The number of aromatic nitrogens is 4. The number of carbonyl (C=O) groups is 1. The minimum Gasteiger partial charge on any atom is -0.368 e. The highest BCUT2D eigenvalue weighted by Gasteiger charge is 2.28. The SMILES string of the molecule is Cn1cnc2c(NCC3CC3)nc(C3CCN(C(=O)c4ccno4)CC3)cc21. The van der Waals surface area contributed by atoms with Gasteiger partial charge in [-0.15, -0.1) is 0 Å². The normalized spacial score (nSPS) is 18.0. The number of imidazole rings is 1. The van der Waals surface area contributed by atoms with Crippen LogP contribution >= 0.6 is 0 Å². The summed E-state index contributed by atoms with van der Waals surface area (Å²) < 4.78 is 7.05. The van der Waals surface area contributed by atoms with Gasteiger partial charge in [0.1, 0.15) is 5.52 Å². The summed E-state index contributed by atoms with van der Waals surface area (Å²) in [6, 6.07) is 3.77. The second-order valence-electron chi connectivity index (χ2n) is 7.89. The van der Waals surface area contributed by atoms with E-state index in [-0.39, 0.29) is 5.91 Å². The summed E-state index contributed by atoms with van der Waals surface area (Å²) in [6.07, 6.45) is 7.72. The summed E-state index contributed by atoms with van der Waals surface area (Å²) in [6.45, 7) is 2.35. The number of nitrogens with zero attached hydrogens (tertiary/aromatic N) is 5. The number of likely N-dealkylation sites (tertiary alicyclic amines) is 1. The molecule has 2 fully saturated rings. The highest BCUT2D eigenvalue weighted by Crippen LogP contribution is 2.33. The minimum absolute atomic E-state index is 0.0854. The van der Waals surface area contributed by atoms with Gasteiger partial charge in [0.05, 0.1) is 18.0 Å². The Labute approximate surface area is 162 Å². The predicted molar refractivity (Wildman–Crippen MR) is 104 cm³/mol. The molecule has 2 aliphatic rings. The van der Waals surface area contributed by atoms with Gasteiger partial charge in [-0.25, -0.2) is 9.97 Å². The molecule has 0 atom stereocenters. The van der Waals surface area contributed by atoms with E-state index in [9.17, 15) is 4.79 Å². The summed E-state index contributed by atoms with van der Waals surface area (Å²) in [5, 5.41) is 7.15. The highest BCUT2D eigenvalue weighted by molar-refractivity contribution is 5.91. The van der Waals surface area contributed by atoms with Crippen molar-refractivity contribution in [1.29, 1.82) is 0 Å². The van der Waals surface area contributed by atoms with E-state index in [0.717, 1.165) is 47.8 Å². The lowest BCUT2D eigenvalue weighted by Crippen LogP contribution is -2.37. The Morgan fingerprint density at radius 3 is 2.82 bits per heavy atom. The van der Waals surface area contributed by atoms with E-state index in [1.54, 1.807) is 6.07 Å². The molecule has 0 aromatic carbocycles. The van der Waals surface area contributed by atoms with Crippen molar-refractivity contribution >= 4 is 22.8 Å². The molecule has 1 amide bonds. The van der Waals surface area contributed by atoms with E-state index >= 15 is 0 Å². The maximum absolute atomic E-state index is 12.5. The fourth-order valence-electron chi connectivity index (χ4n) is 3.90. The average molecular weight is 380 g/mol. The zero-order valence-electron chi connectivity index (χ0n) is 16.0. The summed E-state index contributed by atoms with van der Waals surface area (Å²) in [7, 11) is 2.02. The van der Waals surface area contributed by atoms with Crippen molar-refractivity contribution < 1.29 is 9.32 Å². The molecule has 3 aromatic rings. The van der Waals surface area contributed by atoms with Crippen LogP contribution in [0.5, 0.6) is 0 Å². The number of anilines is 1. The van der Waals surface area contributed by atoms with Crippen molar-refractivity contribution in [1.82, 2.24) is 24.6 Å². The Kier molecular flexibility index (Phi) is 4.26. The smallest absolute Gasteiger partial charge is 0.292 e.